The van der Waals surface area contributed by atoms with E-state index in [-0.39, 0.29) is 11.6 Å². The molecule has 1 saturated heterocycles. The van der Waals surface area contributed by atoms with Crippen molar-refractivity contribution in [3.8, 4) is 0 Å². The van der Waals surface area contributed by atoms with E-state index < -0.39 is 0 Å². The highest BCUT2D eigenvalue weighted by Crippen LogP contribution is 2.37. The summed E-state index contributed by atoms with van der Waals surface area (Å²) in [6.45, 7) is 6.92. The smallest absolute Gasteiger partial charge is 0.0485 e. The molecule has 1 aliphatic rings. The summed E-state index contributed by atoms with van der Waals surface area (Å²) >= 11 is 0. The topological polar surface area (TPSA) is 42.1 Å². The minimum absolute atomic E-state index is 0.0201. The van der Waals surface area contributed by atoms with Crippen molar-refractivity contribution in [2.24, 2.45) is 5.73 Å². The van der Waals surface area contributed by atoms with Gasteiger partial charge in [0.1, 0.15) is 0 Å². The molecule has 2 N–H and O–H groups in total. The third-order valence-electron chi connectivity index (χ3n) is 5.26. The second-order valence-electron chi connectivity index (χ2n) is 6.33. The Labute approximate surface area is 127 Å². The molecular weight excluding hydrogens is 258 g/mol. The molecule has 3 rings (SSSR count). The molecule has 1 aromatic heterocycles. The van der Waals surface area contributed by atoms with Crippen LogP contribution < -0.4 is 5.73 Å². The van der Waals surface area contributed by atoms with Gasteiger partial charge in [-0.05, 0) is 56.3 Å². The molecule has 1 aliphatic heterocycles. The molecule has 21 heavy (non-hydrogen) atoms. The number of hydrogen-bond donors (Lipinski definition) is 1. The Morgan fingerprint density at radius 2 is 2.05 bits per heavy atom. The molecule has 2 heterocycles. The van der Waals surface area contributed by atoms with Crippen molar-refractivity contribution in [1.82, 2.24) is 9.88 Å². The van der Waals surface area contributed by atoms with E-state index in [0.29, 0.717) is 0 Å². The molecular formula is C18H25N3. The maximum absolute atomic E-state index is 6.77. The Kier molecular flexibility index (Phi) is 3.96. The first-order valence-electron chi connectivity index (χ1n) is 8.00. The zero-order valence-electron chi connectivity index (χ0n) is 13.0. The molecule has 1 aromatic carbocycles. The third kappa shape index (κ3) is 2.45. The standard InChI is InChI=1S/C18H25N3/c1-3-18(2,21-11-4-5-12-21)17(19)16-8-6-7-14-13-20-10-9-15(14)16/h6-10,13,17H,3-5,11-12,19H2,1-2H3. The van der Waals surface area contributed by atoms with Gasteiger partial charge in [0.2, 0.25) is 0 Å². The summed E-state index contributed by atoms with van der Waals surface area (Å²) in [7, 11) is 0. The molecule has 1 fully saturated rings. The van der Waals surface area contributed by atoms with E-state index in [4.69, 9.17) is 5.73 Å². The number of rotatable bonds is 4. The molecule has 2 aromatic rings. The Morgan fingerprint density at radius 1 is 1.29 bits per heavy atom. The summed E-state index contributed by atoms with van der Waals surface area (Å²) in [6.07, 6.45) is 7.43. The number of benzene rings is 1. The molecule has 2 atom stereocenters. The lowest BCUT2D eigenvalue weighted by molar-refractivity contribution is 0.101. The molecule has 3 heteroatoms. The van der Waals surface area contributed by atoms with Crippen molar-refractivity contribution in [2.45, 2.75) is 44.7 Å². The molecule has 0 saturated carbocycles. The van der Waals surface area contributed by atoms with Gasteiger partial charge in [0.15, 0.2) is 0 Å². The largest absolute Gasteiger partial charge is 0.322 e. The van der Waals surface area contributed by atoms with Crippen LogP contribution in [0.25, 0.3) is 10.8 Å². The monoisotopic (exact) mass is 283 g/mol. The Balaban J connectivity index is 2.04. The van der Waals surface area contributed by atoms with E-state index >= 15 is 0 Å². The van der Waals surface area contributed by atoms with Gasteiger partial charge in [-0.25, -0.2) is 0 Å². The van der Waals surface area contributed by atoms with Crippen LogP contribution in [0.15, 0.2) is 36.7 Å². The lowest BCUT2D eigenvalue weighted by Crippen LogP contribution is -2.51. The van der Waals surface area contributed by atoms with Crippen molar-refractivity contribution < 1.29 is 0 Å². The maximum atomic E-state index is 6.77. The Bertz CT molecular complexity index is 613. The second kappa shape index (κ2) is 5.74. The first-order valence-corrected chi connectivity index (χ1v) is 8.00. The van der Waals surface area contributed by atoms with Crippen LogP contribution in [0.4, 0.5) is 0 Å². The Hall–Kier alpha value is -1.45. The van der Waals surface area contributed by atoms with Gasteiger partial charge < -0.3 is 5.73 Å². The molecule has 0 spiro atoms. The number of pyridine rings is 1. The molecule has 3 nitrogen and oxygen atoms in total. The van der Waals surface area contributed by atoms with Crippen molar-refractivity contribution in [2.75, 3.05) is 13.1 Å². The van der Waals surface area contributed by atoms with E-state index in [1.807, 2.05) is 12.4 Å². The first-order chi connectivity index (χ1) is 10.2. The number of fused-ring (bicyclic) bond motifs is 1. The summed E-state index contributed by atoms with van der Waals surface area (Å²) in [6, 6.07) is 8.49. The van der Waals surface area contributed by atoms with E-state index in [1.54, 1.807) is 0 Å². The van der Waals surface area contributed by atoms with Crippen LogP contribution >= 0.6 is 0 Å². The van der Waals surface area contributed by atoms with Gasteiger partial charge in [-0.1, -0.05) is 25.1 Å². The minimum Gasteiger partial charge on any atom is -0.322 e. The average Bonchev–Trinajstić information content (AvgIpc) is 3.08. The van der Waals surface area contributed by atoms with Crippen LogP contribution in [0.5, 0.6) is 0 Å². The van der Waals surface area contributed by atoms with Gasteiger partial charge in [-0.2, -0.15) is 0 Å². The first kappa shape index (κ1) is 14.5. The van der Waals surface area contributed by atoms with Crippen LogP contribution in [0, 0.1) is 0 Å². The molecule has 2 unspecified atom stereocenters. The van der Waals surface area contributed by atoms with Gasteiger partial charge in [-0.15, -0.1) is 0 Å². The van der Waals surface area contributed by atoms with Crippen LogP contribution in [-0.4, -0.2) is 28.5 Å². The van der Waals surface area contributed by atoms with E-state index in [2.05, 4.69) is 48.0 Å². The van der Waals surface area contributed by atoms with E-state index in [9.17, 15) is 0 Å². The van der Waals surface area contributed by atoms with Crippen molar-refractivity contribution in [1.29, 1.82) is 0 Å². The van der Waals surface area contributed by atoms with Gasteiger partial charge in [0.25, 0.3) is 0 Å². The van der Waals surface area contributed by atoms with Crippen molar-refractivity contribution >= 4 is 10.8 Å². The molecule has 112 valence electrons. The van der Waals surface area contributed by atoms with Crippen LogP contribution in [0.2, 0.25) is 0 Å². The number of aromatic nitrogens is 1. The lowest BCUT2D eigenvalue weighted by Gasteiger charge is -2.43. The number of hydrogen-bond acceptors (Lipinski definition) is 3. The van der Waals surface area contributed by atoms with Crippen LogP contribution in [0.1, 0.15) is 44.7 Å². The number of nitrogens with two attached hydrogens (primary N) is 1. The SMILES string of the molecule is CCC(C)(C(N)c1cccc2cnccc12)N1CCCC1. The maximum Gasteiger partial charge on any atom is 0.0485 e. The zero-order valence-corrected chi connectivity index (χ0v) is 13.0. The highest BCUT2D eigenvalue weighted by molar-refractivity contribution is 5.85. The highest BCUT2D eigenvalue weighted by atomic mass is 15.2. The van der Waals surface area contributed by atoms with Crippen molar-refractivity contribution in [3.63, 3.8) is 0 Å². The fourth-order valence-corrected chi connectivity index (χ4v) is 3.62. The summed E-state index contributed by atoms with van der Waals surface area (Å²) < 4.78 is 0. The van der Waals surface area contributed by atoms with E-state index in [1.165, 1.54) is 42.3 Å². The predicted molar refractivity (Wildman–Crippen MR) is 88.2 cm³/mol. The summed E-state index contributed by atoms with van der Waals surface area (Å²) in [5, 5.41) is 2.41. The summed E-state index contributed by atoms with van der Waals surface area (Å²) in [5.41, 5.74) is 8.03. The average molecular weight is 283 g/mol. The van der Waals surface area contributed by atoms with Gasteiger partial charge in [0.05, 0.1) is 0 Å². The summed E-state index contributed by atoms with van der Waals surface area (Å²) in [4.78, 5) is 6.80. The lowest BCUT2D eigenvalue weighted by atomic mass is 9.82. The quantitative estimate of drug-likeness (QED) is 0.934. The van der Waals surface area contributed by atoms with E-state index in [0.717, 1.165) is 6.42 Å². The third-order valence-corrected chi connectivity index (χ3v) is 5.26. The minimum atomic E-state index is 0.0201. The summed E-state index contributed by atoms with van der Waals surface area (Å²) in [5.74, 6) is 0. The normalized spacial score (nSPS) is 20.5. The van der Waals surface area contributed by atoms with Gasteiger partial charge in [-0.3, -0.25) is 9.88 Å². The fraction of sp³-hybridized carbons (Fsp3) is 0.500. The molecule has 0 amide bonds. The van der Waals surface area contributed by atoms with Gasteiger partial charge in [0, 0.05) is 29.4 Å². The van der Waals surface area contributed by atoms with Gasteiger partial charge >= 0.3 is 0 Å². The molecule has 0 bridgehead atoms. The second-order valence-corrected chi connectivity index (χ2v) is 6.33. The molecule has 0 aliphatic carbocycles. The molecule has 0 radical (unpaired) electrons. The number of likely N-dealkylation sites (tertiary alicyclic amines) is 1. The number of nitrogens with zero attached hydrogens (tertiary/aromatic N) is 2. The zero-order chi connectivity index (χ0) is 14.9. The predicted octanol–water partition coefficient (Wildman–Crippen LogP) is 3.50. The van der Waals surface area contributed by atoms with Crippen LogP contribution in [-0.2, 0) is 0 Å². The van der Waals surface area contributed by atoms with Crippen molar-refractivity contribution in [3.05, 3.63) is 42.2 Å². The Morgan fingerprint density at radius 3 is 2.76 bits per heavy atom. The highest BCUT2D eigenvalue weighted by Gasteiger charge is 2.38. The van der Waals surface area contributed by atoms with Crippen LogP contribution in [0.3, 0.4) is 0 Å². The fourth-order valence-electron chi connectivity index (χ4n) is 3.62.